The molecule has 0 unspecified atom stereocenters. The lowest BCUT2D eigenvalue weighted by atomic mass is 10.1. The summed E-state index contributed by atoms with van der Waals surface area (Å²) in [5.74, 6) is 1.96. The molecule has 1 fully saturated rings. The predicted molar refractivity (Wildman–Crippen MR) is 88.7 cm³/mol. The molecule has 0 N–H and O–H groups in total. The second-order valence-corrected chi connectivity index (χ2v) is 8.43. The van der Waals surface area contributed by atoms with Crippen molar-refractivity contribution in [2.45, 2.75) is 39.4 Å². The van der Waals surface area contributed by atoms with Gasteiger partial charge < -0.3 is 4.42 Å². The molecule has 124 valence electrons. The van der Waals surface area contributed by atoms with Gasteiger partial charge in [-0.2, -0.15) is 0 Å². The van der Waals surface area contributed by atoms with Crippen LogP contribution in [0.2, 0.25) is 0 Å². The van der Waals surface area contributed by atoms with E-state index in [-0.39, 0.29) is 17.5 Å². The minimum Gasteiger partial charge on any atom is -0.444 e. The Morgan fingerprint density at radius 3 is 2.52 bits per heavy atom. The summed E-state index contributed by atoms with van der Waals surface area (Å²) in [5, 5.41) is 0. The van der Waals surface area contributed by atoms with Crippen LogP contribution in [-0.2, 0) is 22.9 Å². The third-order valence-corrected chi connectivity index (χ3v) is 6.11. The Balaban J connectivity index is 1.81. The van der Waals surface area contributed by atoms with Crippen LogP contribution >= 0.6 is 0 Å². The van der Waals surface area contributed by atoms with E-state index in [0.717, 1.165) is 17.0 Å². The van der Waals surface area contributed by atoms with Crippen molar-refractivity contribution in [2.75, 3.05) is 11.5 Å². The molecule has 6 heteroatoms. The summed E-state index contributed by atoms with van der Waals surface area (Å²) in [6, 6.07) is 10.1. The highest BCUT2D eigenvalue weighted by Gasteiger charge is 2.33. The van der Waals surface area contributed by atoms with Crippen LogP contribution in [0.1, 0.15) is 29.3 Å². The number of nitrogens with zero attached hydrogens (tertiary/aromatic N) is 2. The Morgan fingerprint density at radius 2 is 1.96 bits per heavy atom. The molecule has 1 atom stereocenters. The highest BCUT2D eigenvalue weighted by atomic mass is 32.2. The van der Waals surface area contributed by atoms with Gasteiger partial charge in [0, 0.05) is 12.6 Å². The molecule has 5 nitrogen and oxygen atoms in total. The normalized spacial score (nSPS) is 20.2. The summed E-state index contributed by atoms with van der Waals surface area (Å²) in [6.45, 7) is 5.04. The van der Waals surface area contributed by atoms with Gasteiger partial charge in [-0.3, -0.25) is 4.90 Å². The quantitative estimate of drug-likeness (QED) is 0.840. The van der Waals surface area contributed by atoms with Crippen LogP contribution < -0.4 is 0 Å². The first-order chi connectivity index (χ1) is 10.9. The minimum absolute atomic E-state index is 0.0210. The van der Waals surface area contributed by atoms with Gasteiger partial charge in [0.15, 0.2) is 9.84 Å². The van der Waals surface area contributed by atoms with Crippen molar-refractivity contribution >= 4 is 9.84 Å². The Kier molecular flexibility index (Phi) is 4.55. The lowest BCUT2D eigenvalue weighted by molar-refractivity contribution is 0.175. The van der Waals surface area contributed by atoms with Crippen LogP contribution in [0.15, 0.2) is 34.7 Å². The Labute approximate surface area is 137 Å². The van der Waals surface area contributed by atoms with Crippen LogP contribution in [0, 0.1) is 13.8 Å². The third kappa shape index (κ3) is 4.00. The minimum atomic E-state index is -2.92. The average Bonchev–Trinajstić information content (AvgIpc) is 3.02. The van der Waals surface area contributed by atoms with Crippen LogP contribution in [-0.4, -0.2) is 35.8 Å². The zero-order chi connectivity index (χ0) is 16.4. The molecule has 1 aliphatic heterocycles. The molecule has 1 aromatic carbocycles. The molecule has 0 spiro atoms. The van der Waals surface area contributed by atoms with Gasteiger partial charge in [-0.15, -0.1) is 0 Å². The fourth-order valence-electron chi connectivity index (χ4n) is 2.98. The monoisotopic (exact) mass is 334 g/mol. The van der Waals surface area contributed by atoms with E-state index < -0.39 is 9.84 Å². The molecule has 0 bridgehead atoms. The van der Waals surface area contributed by atoms with E-state index in [1.54, 1.807) is 0 Å². The summed E-state index contributed by atoms with van der Waals surface area (Å²) in [4.78, 5) is 6.61. The molecule has 23 heavy (non-hydrogen) atoms. The van der Waals surface area contributed by atoms with E-state index >= 15 is 0 Å². The molecule has 1 aromatic heterocycles. The number of hydrogen-bond donors (Lipinski definition) is 0. The Hall–Kier alpha value is -1.66. The number of oxazole rings is 1. The van der Waals surface area contributed by atoms with Crippen LogP contribution in [0.4, 0.5) is 0 Å². The summed E-state index contributed by atoms with van der Waals surface area (Å²) in [7, 11) is -2.92. The van der Waals surface area contributed by atoms with E-state index in [9.17, 15) is 8.42 Å². The van der Waals surface area contributed by atoms with Crippen molar-refractivity contribution in [3.05, 3.63) is 53.2 Å². The average molecular weight is 334 g/mol. The maximum Gasteiger partial charge on any atom is 0.208 e. The lowest BCUT2D eigenvalue weighted by Gasteiger charge is -2.26. The van der Waals surface area contributed by atoms with Crippen molar-refractivity contribution in [1.29, 1.82) is 0 Å². The number of sulfone groups is 1. The van der Waals surface area contributed by atoms with Gasteiger partial charge in [-0.05, 0) is 25.8 Å². The van der Waals surface area contributed by atoms with Gasteiger partial charge in [0.2, 0.25) is 5.89 Å². The van der Waals surface area contributed by atoms with Gasteiger partial charge in [0.25, 0.3) is 0 Å². The third-order valence-electron chi connectivity index (χ3n) is 4.36. The van der Waals surface area contributed by atoms with Crippen LogP contribution in [0.5, 0.6) is 0 Å². The molecule has 2 heterocycles. The van der Waals surface area contributed by atoms with Crippen LogP contribution in [0.25, 0.3) is 0 Å². The van der Waals surface area contributed by atoms with E-state index in [4.69, 9.17) is 4.42 Å². The first kappa shape index (κ1) is 16.2. The molecular weight excluding hydrogens is 312 g/mol. The van der Waals surface area contributed by atoms with Crippen molar-refractivity contribution in [2.24, 2.45) is 0 Å². The smallest absolute Gasteiger partial charge is 0.208 e. The van der Waals surface area contributed by atoms with Gasteiger partial charge >= 0.3 is 0 Å². The molecule has 0 saturated carbocycles. The van der Waals surface area contributed by atoms with Gasteiger partial charge in [-0.1, -0.05) is 30.3 Å². The maximum absolute atomic E-state index is 11.8. The number of aryl methyl sites for hydroxylation is 2. The molecule has 1 saturated heterocycles. The lowest BCUT2D eigenvalue weighted by Crippen LogP contribution is -2.35. The van der Waals surface area contributed by atoms with E-state index in [1.807, 2.05) is 32.0 Å². The second-order valence-electron chi connectivity index (χ2n) is 6.20. The first-order valence-corrected chi connectivity index (χ1v) is 9.66. The van der Waals surface area contributed by atoms with Gasteiger partial charge in [0.05, 0.1) is 23.7 Å². The SMILES string of the molecule is Cc1nc(CN(Cc2ccccc2)[C@H]2CCS(=O)(=O)C2)oc1C. The summed E-state index contributed by atoms with van der Waals surface area (Å²) >= 11 is 0. The molecular formula is C17H22N2O3S. The molecule has 0 radical (unpaired) electrons. The fourth-order valence-corrected chi connectivity index (χ4v) is 4.74. The van der Waals surface area contributed by atoms with E-state index in [0.29, 0.717) is 25.4 Å². The summed E-state index contributed by atoms with van der Waals surface area (Å²) in [5.41, 5.74) is 2.05. The van der Waals surface area contributed by atoms with Crippen molar-refractivity contribution < 1.29 is 12.8 Å². The number of aromatic nitrogens is 1. The molecule has 0 aliphatic carbocycles. The summed E-state index contributed by atoms with van der Waals surface area (Å²) < 4.78 is 29.4. The number of hydrogen-bond acceptors (Lipinski definition) is 5. The van der Waals surface area contributed by atoms with Crippen LogP contribution in [0.3, 0.4) is 0 Å². The predicted octanol–water partition coefficient (Wildman–Crippen LogP) is 2.48. The van der Waals surface area contributed by atoms with Crippen molar-refractivity contribution in [3.8, 4) is 0 Å². The summed E-state index contributed by atoms with van der Waals surface area (Å²) in [6.07, 6.45) is 0.674. The Morgan fingerprint density at radius 1 is 1.22 bits per heavy atom. The second kappa shape index (κ2) is 6.45. The van der Waals surface area contributed by atoms with E-state index in [2.05, 4.69) is 22.0 Å². The van der Waals surface area contributed by atoms with Gasteiger partial charge in [0.1, 0.15) is 5.76 Å². The standard InChI is InChI=1S/C17H22N2O3S/c1-13-14(2)22-17(18-13)11-19(10-15-6-4-3-5-7-15)16-8-9-23(20,21)12-16/h3-7,16H,8-12H2,1-2H3/t16-/m0/s1. The maximum atomic E-state index is 11.8. The zero-order valence-corrected chi connectivity index (χ0v) is 14.3. The molecule has 0 amide bonds. The highest BCUT2D eigenvalue weighted by Crippen LogP contribution is 2.22. The topological polar surface area (TPSA) is 63.4 Å². The molecule has 3 rings (SSSR count). The fraction of sp³-hybridized carbons (Fsp3) is 0.471. The first-order valence-electron chi connectivity index (χ1n) is 7.84. The zero-order valence-electron chi connectivity index (χ0n) is 13.5. The van der Waals surface area contributed by atoms with Gasteiger partial charge in [-0.25, -0.2) is 13.4 Å². The highest BCUT2D eigenvalue weighted by molar-refractivity contribution is 7.91. The van der Waals surface area contributed by atoms with E-state index in [1.165, 1.54) is 0 Å². The largest absolute Gasteiger partial charge is 0.444 e. The Bertz CT molecular complexity index is 749. The number of rotatable bonds is 5. The molecule has 2 aromatic rings. The van der Waals surface area contributed by atoms with Crippen molar-refractivity contribution in [1.82, 2.24) is 9.88 Å². The molecule has 1 aliphatic rings. The number of benzene rings is 1. The van der Waals surface area contributed by atoms with Crippen molar-refractivity contribution in [3.63, 3.8) is 0 Å².